The average Bonchev–Trinajstić information content (AvgIpc) is 3.32. The number of hydrogen-bond donors (Lipinski definition) is 4. The zero-order valence-electron chi connectivity index (χ0n) is 25.6. The van der Waals surface area contributed by atoms with Crippen molar-refractivity contribution in [1.29, 1.82) is 0 Å². The molecule has 3 aliphatic rings. The Balaban J connectivity index is 1.42. The molecule has 0 bridgehead atoms. The van der Waals surface area contributed by atoms with E-state index in [9.17, 15) is 29.1 Å². The van der Waals surface area contributed by atoms with Crippen LogP contribution in [0.15, 0.2) is 36.4 Å². The van der Waals surface area contributed by atoms with Gasteiger partial charge in [-0.2, -0.15) is 0 Å². The van der Waals surface area contributed by atoms with Crippen LogP contribution in [0.25, 0.3) is 10.1 Å². The van der Waals surface area contributed by atoms with Gasteiger partial charge in [0, 0.05) is 28.6 Å². The number of ether oxygens (including phenoxy) is 1. The molecule has 242 valence electrons. The molecule has 2 fully saturated rings. The van der Waals surface area contributed by atoms with Gasteiger partial charge >= 0.3 is 12.1 Å². The third kappa shape index (κ3) is 7.27. The van der Waals surface area contributed by atoms with E-state index in [1.807, 2.05) is 36.4 Å². The van der Waals surface area contributed by atoms with Crippen LogP contribution in [0.4, 0.5) is 4.79 Å². The summed E-state index contributed by atoms with van der Waals surface area (Å²) in [6.45, 7) is 5.15. The summed E-state index contributed by atoms with van der Waals surface area (Å²) in [7, 11) is 0. The first kappa shape index (κ1) is 32.7. The fourth-order valence-corrected chi connectivity index (χ4v) is 7.49. The van der Waals surface area contributed by atoms with E-state index in [2.05, 4.69) is 16.0 Å². The van der Waals surface area contributed by atoms with Crippen LogP contribution in [0.3, 0.4) is 0 Å². The monoisotopic (exact) mass is 658 g/mol. The molecule has 4 N–H and O–H groups in total. The Morgan fingerprint density at radius 1 is 1.13 bits per heavy atom. The number of carboxylic acids is 1. The van der Waals surface area contributed by atoms with E-state index in [1.165, 1.54) is 16.2 Å². The molecule has 0 radical (unpaired) electrons. The van der Waals surface area contributed by atoms with Gasteiger partial charge in [-0.25, -0.2) is 9.59 Å². The van der Waals surface area contributed by atoms with Crippen molar-refractivity contribution in [2.75, 3.05) is 6.54 Å². The van der Waals surface area contributed by atoms with Crippen molar-refractivity contribution in [1.82, 2.24) is 20.9 Å². The quantitative estimate of drug-likeness (QED) is 0.349. The number of carboxylic acid groups (broad SMARTS) is 1. The second-order valence-electron chi connectivity index (χ2n) is 13.0. The van der Waals surface area contributed by atoms with Crippen molar-refractivity contribution in [3.63, 3.8) is 0 Å². The van der Waals surface area contributed by atoms with E-state index >= 15 is 0 Å². The molecule has 45 heavy (non-hydrogen) atoms. The minimum atomic E-state index is -1.46. The van der Waals surface area contributed by atoms with Crippen molar-refractivity contribution in [2.45, 2.75) is 95.0 Å². The van der Waals surface area contributed by atoms with Crippen molar-refractivity contribution >= 4 is 62.8 Å². The fraction of sp³-hybridized carbons (Fsp3) is 0.531. The van der Waals surface area contributed by atoms with Gasteiger partial charge in [0.05, 0.1) is 5.02 Å². The zero-order chi connectivity index (χ0) is 32.5. The molecular formula is C32H39ClN4O7S. The molecule has 4 amide bonds. The second-order valence-corrected chi connectivity index (χ2v) is 14.4. The van der Waals surface area contributed by atoms with Gasteiger partial charge in [0.15, 0.2) is 0 Å². The largest absolute Gasteiger partial charge is 0.479 e. The lowest BCUT2D eigenvalue weighted by Crippen LogP contribution is -2.56. The van der Waals surface area contributed by atoms with E-state index in [1.54, 1.807) is 20.8 Å². The molecule has 1 aromatic carbocycles. The Morgan fingerprint density at radius 3 is 2.60 bits per heavy atom. The van der Waals surface area contributed by atoms with Crippen molar-refractivity contribution in [3.05, 3.63) is 46.3 Å². The number of nitrogens with one attached hydrogen (secondary N) is 3. The maximum Gasteiger partial charge on any atom is 0.408 e. The number of aliphatic carboxylic acids is 1. The van der Waals surface area contributed by atoms with Crippen LogP contribution in [-0.2, 0) is 19.1 Å². The summed E-state index contributed by atoms with van der Waals surface area (Å²) >= 11 is 7.79. The number of rotatable bonds is 4. The van der Waals surface area contributed by atoms with Crippen LogP contribution < -0.4 is 16.0 Å². The van der Waals surface area contributed by atoms with Gasteiger partial charge in [-0.15, -0.1) is 11.3 Å². The van der Waals surface area contributed by atoms with Gasteiger partial charge in [-0.05, 0) is 58.9 Å². The number of benzene rings is 1. The van der Waals surface area contributed by atoms with Crippen molar-refractivity contribution in [3.8, 4) is 0 Å². The number of amides is 4. The molecule has 1 aromatic heterocycles. The van der Waals surface area contributed by atoms with Gasteiger partial charge in [-0.1, -0.05) is 54.8 Å². The number of carbonyl (C=O) groups is 5. The van der Waals surface area contributed by atoms with Gasteiger partial charge in [0.25, 0.3) is 5.91 Å². The Labute approximate surface area is 270 Å². The number of fused-ring (bicyclic) bond motifs is 3. The smallest absolute Gasteiger partial charge is 0.408 e. The first-order valence-corrected chi connectivity index (χ1v) is 16.5. The topological polar surface area (TPSA) is 154 Å². The van der Waals surface area contributed by atoms with Gasteiger partial charge < -0.3 is 30.7 Å². The Bertz CT molecular complexity index is 1530. The first-order valence-electron chi connectivity index (χ1n) is 15.3. The van der Waals surface area contributed by atoms with E-state index in [0.717, 1.165) is 29.3 Å². The average molecular weight is 659 g/mol. The van der Waals surface area contributed by atoms with E-state index < -0.39 is 59.0 Å². The standard InChI is InChI=1S/C32H39ClN4O7S/c1-31(2,3)44-30(43)35-21-13-8-6-4-5-7-11-18-16-32(18,29(41)42)36-26(38)22-15-19(17-37(22)28(21)40)34-27(39)25-24(33)20-12-9-10-14-23(20)45-25/h7,9-12,14,18-19,21-22H,4-6,8,13,15-17H2,1-3H3,(H,34,39)(H,35,43)(H,36,38)(H,41,42)/t18-,19-,21+,22+,32-/m1/s1. The zero-order valence-corrected chi connectivity index (χ0v) is 27.1. The molecular weight excluding hydrogens is 620 g/mol. The maximum atomic E-state index is 14.1. The van der Waals surface area contributed by atoms with Gasteiger partial charge in [0.1, 0.15) is 28.1 Å². The molecule has 2 aliphatic heterocycles. The Hall–Kier alpha value is -3.64. The number of halogens is 1. The Kier molecular flexibility index (Phi) is 9.46. The third-order valence-electron chi connectivity index (χ3n) is 8.43. The molecule has 0 spiro atoms. The lowest BCUT2D eigenvalue weighted by Gasteiger charge is -2.30. The molecule has 11 nitrogen and oxygen atoms in total. The van der Waals surface area contributed by atoms with Crippen LogP contribution in [-0.4, -0.2) is 75.6 Å². The van der Waals surface area contributed by atoms with Gasteiger partial charge in [0.2, 0.25) is 11.8 Å². The minimum absolute atomic E-state index is 0.0128. The molecule has 3 heterocycles. The predicted molar refractivity (Wildman–Crippen MR) is 170 cm³/mol. The molecule has 0 unspecified atom stereocenters. The van der Waals surface area contributed by atoms with Crippen LogP contribution in [0.5, 0.6) is 0 Å². The van der Waals surface area contributed by atoms with Crippen molar-refractivity contribution < 1.29 is 33.8 Å². The number of alkyl carbamates (subject to hydrolysis) is 1. The summed E-state index contributed by atoms with van der Waals surface area (Å²) in [5, 5.41) is 19.5. The molecule has 13 heteroatoms. The maximum absolute atomic E-state index is 14.1. The van der Waals surface area contributed by atoms with Crippen LogP contribution in [0, 0.1) is 5.92 Å². The van der Waals surface area contributed by atoms with Crippen LogP contribution in [0.1, 0.15) is 75.4 Å². The second kappa shape index (κ2) is 13.0. The third-order valence-corrected chi connectivity index (χ3v) is 10.1. The van der Waals surface area contributed by atoms with Crippen molar-refractivity contribution in [2.24, 2.45) is 5.92 Å². The predicted octanol–water partition coefficient (Wildman–Crippen LogP) is 4.63. The van der Waals surface area contributed by atoms with E-state index in [4.69, 9.17) is 16.3 Å². The number of thiophene rings is 1. The SMILES string of the molecule is CC(C)(C)OC(=O)N[C@H]1CCCCCC=C[C@@H]2C[C@@]2(C(=O)O)NC(=O)[C@@H]2C[C@@H](NC(=O)c3sc4ccccc4c3Cl)CN2C1=O. The van der Waals surface area contributed by atoms with Crippen LogP contribution in [0.2, 0.25) is 5.02 Å². The normalized spacial score (nSPS) is 27.4. The summed E-state index contributed by atoms with van der Waals surface area (Å²) in [6.07, 6.45) is 6.64. The van der Waals surface area contributed by atoms with Crippen LogP contribution >= 0.6 is 22.9 Å². The molecule has 2 aromatic rings. The highest BCUT2D eigenvalue weighted by Gasteiger charge is 2.61. The lowest BCUT2D eigenvalue weighted by molar-refractivity contribution is -0.145. The molecule has 1 aliphatic carbocycles. The first-order chi connectivity index (χ1) is 21.3. The summed E-state index contributed by atoms with van der Waals surface area (Å²) in [4.78, 5) is 68.0. The molecule has 5 atom stereocenters. The molecule has 1 saturated carbocycles. The summed E-state index contributed by atoms with van der Waals surface area (Å²) in [5.74, 6) is -3.05. The fourth-order valence-electron chi connectivity index (χ4n) is 6.07. The highest BCUT2D eigenvalue weighted by atomic mass is 35.5. The highest BCUT2D eigenvalue weighted by Crippen LogP contribution is 2.45. The summed E-state index contributed by atoms with van der Waals surface area (Å²) in [6, 6.07) is 4.70. The number of carbonyl (C=O) groups excluding carboxylic acids is 4. The number of nitrogens with zero attached hydrogens (tertiary/aromatic N) is 1. The van der Waals surface area contributed by atoms with E-state index in [-0.39, 0.29) is 25.3 Å². The summed E-state index contributed by atoms with van der Waals surface area (Å²) < 4.78 is 6.27. The number of allylic oxidation sites excluding steroid dienone is 1. The van der Waals surface area contributed by atoms with Gasteiger partial charge in [-0.3, -0.25) is 14.4 Å². The molecule has 5 rings (SSSR count). The minimum Gasteiger partial charge on any atom is -0.479 e. The number of hydrogen-bond acceptors (Lipinski definition) is 7. The van der Waals surface area contributed by atoms with E-state index in [0.29, 0.717) is 22.7 Å². The summed E-state index contributed by atoms with van der Waals surface area (Å²) in [5.41, 5.74) is -2.24. The Morgan fingerprint density at radius 2 is 1.89 bits per heavy atom. The highest BCUT2D eigenvalue weighted by molar-refractivity contribution is 7.21. The molecule has 1 saturated heterocycles. The lowest BCUT2D eigenvalue weighted by atomic mass is 10.0.